The van der Waals surface area contributed by atoms with Crippen LogP contribution in [0.2, 0.25) is 0 Å². The number of fused-ring (bicyclic) bond motifs is 1. The maximum atomic E-state index is 14.9. The van der Waals surface area contributed by atoms with Crippen molar-refractivity contribution in [2.45, 2.75) is 17.9 Å². The van der Waals surface area contributed by atoms with Gasteiger partial charge in [0.2, 0.25) is 0 Å². The second kappa shape index (κ2) is 10.4. The number of likely N-dealkylation sites (tertiary alicyclic amines) is 1. The fourth-order valence-electron chi connectivity index (χ4n) is 5.00. The second-order valence-corrected chi connectivity index (χ2v) is 11.8. The lowest BCUT2D eigenvalue weighted by Crippen LogP contribution is -2.49. The lowest BCUT2D eigenvalue weighted by atomic mass is 9.86. The van der Waals surface area contributed by atoms with Crippen molar-refractivity contribution >= 4 is 21.0 Å². The van der Waals surface area contributed by atoms with Crippen molar-refractivity contribution in [3.63, 3.8) is 0 Å². The van der Waals surface area contributed by atoms with Gasteiger partial charge in [0.15, 0.2) is 9.84 Å². The number of alkyl halides is 1. The molecule has 200 valence electrons. The SMILES string of the molecule is CC1=C(c2ccc(S(C)(=O)=O)c(F)c2)[C@@H](c2ccc(OCCN3CC(CF)C3)cc2)Oc2ccc(O)cc21. The molecule has 5 rings (SSSR count). The van der Waals surface area contributed by atoms with Gasteiger partial charge in [0.1, 0.15) is 40.7 Å². The number of phenolic OH excluding ortho intramolecular Hbond substituents is 1. The van der Waals surface area contributed by atoms with Crippen LogP contribution in [-0.2, 0) is 9.84 Å². The number of hydrogen-bond acceptors (Lipinski definition) is 6. The third kappa shape index (κ3) is 5.26. The van der Waals surface area contributed by atoms with Crippen molar-refractivity contribution in [1.29, 1.82) is 0 Å². The van der Waals surface area contributed by atoms with Gasteiger partial charge in [-0.2, -0.15) is 0 Å². The highest BCUT2D eigenvalue weighted by Gasteiger charge is 2.31. The zero-order chi connectivity index (χ0) is 27.0. The fourth-order valence-corrected chi connectivity index (χ4v) is 5.73. The summed E-state index contributed by atoms with van der Waals surface area (Å²) in [6.45, 7) is 4.33. The molecule has 0 aromatic heterocycles. The molecule has 6 nitrogen and oxygen atoms in total. The molecule has 1 fully saturated rings. The molecule has 2 aliphatic rings. The van der Waals surface area contributed by atoms with Gasteiger partial charge in [-0.15, -0.1) is 0 Å². The van der Waals surface area contributed by atoms with E-state index in [0.717, 1.165) is 37.0 Å². The molecule has 38 heavy (non-hydrogen) atoms. The number of benzene rings is 3. The number of phenols is 1. The first-order chi connectivity index (χ1) is 18.1. The molecule has 9 heteroatoms. The summed E-state index contributed by atoms with van der Waals surface area (Å²) in [4.78, 5) is 1.78. The van der Waals surface area contributed by atoms with Gasteiger partial charge in [0.05, 0.1) is 6.67 Å². The zero-order valence-electron chi connectivity index (χ0n) is 21.2. The first-order valence-corrected chi connectivity index (χ1v) is 14.2. The van der Waals surface area contributed by atoms with Crippen LogP contribution in [0, 0.1) is 11.7 Å². The molecule has 0 saturated carbocycles. The van der Waals surface area contributed by atoms with E-state index in [1.807, 2.05) is 31.2 Å². The van der Waals surface area contributed by atoms with E-state index in [-0.39, 0.29) is 23.2 Å². The molecule has 2 heterocycles. The number of aromatic hydroxyl groups is 1. The molecule has 0 aliphatic carbocycles. The molecule has 0 amide bonds. The minimum atomic E-state index is -3.72. The summed E-state index contributed by atoms with van der Waals surface area (Å²) in [5.74, 6) is 0.630. The average molecular weight is 542 g/mol. The molecule has 3 aromatic carbocycles. The zero-order valence-corrected chi connectivity index (χ0v) is 22.0. The Morgan fingerprint density at radius 2 is 1.82 bits per heavy atom. The third-order valence-corrected chi connectivity index (χ3v) is 8.16. The van der Waals surface area contributed by atoms with Gasteiger partial charge in [-0.1, -0.05) is 18.2 Å². The Bertz CT molecular complexity index is 1480. The Hall–Kier alpha value is -3.43. The van der Waals surface area contributed by atoms with Crippen LogP contribution in [0.15, 0.2) is 65.6 Å². The van der Waals surface area contributed by atoms with Gasteiger partial charge in [0.25, 0.3) is 0 Å². The lowest BCUT2D eigenvalue weighted by molar-refractivity contribution is 0.0668. The Morgan fingerprint density at radius 1 is 1.08 bits per heavy atom. The van der Waals surface area contributed by atoms with Crippen LogP contribution >= 0.6 is 0 Å². The summed E-state index contributed by atoms with van der Waals surface area (Å²) in [5.41, 5.74) is 3.39. The molecule has 0 unspecified atom stereocenters. The average Bonchev–Trinajstić information content (AvgIpc) is 2.85. The Kier molecular flexibility index (Phi) is 7.15. The van der Waals surface area contributed by atoms with E-state index in [0.29, 0.717) is 34.8 Å². The van der Waals surface area contributed by atoms with Crippen LogP contribution in [0.3, 0.4) is 0 Å². The highest BCUT2D eigenvalue weighted by Crippen LogP contribution is 2.47. The minimum absolute atomic E-state index is 0.0723. The highest BCUT2D eigenvalue weighted by molar-refractivity contribution is 7.90. The summed E-state index contributed by atoms with van der Waals surface area (Å²) in [5, 5.41) is 10.1. The maximum Gasteiger partial charge on any atom is 0.178 e. The van der Waals surface area contributed by atoms with Gasteiger partial charge in [0, 0.05) is 42.9 Å². The van der Waals surface area contributed by atoms with E-state index in [4.69, 9.17) is 9.47 Å². The number of nitrogens with zero attached hydrogens (tertiary/aromatic N) is 1. The second-order valence-electron chi connectivity index (χ2n) is 9.83. The molecule has 1 N–H and O–H groups in total. The standard InChI is InChI=1S/C29H29F2NO5S/c1-18-24-14-22(33)6-9-26(24)37-29(28(18)21-5-10-27(25(31)13-21)38(2,34)35)20-3-7-23(8-4-20)36-12-11-32-16-19(15-30)17-32/h3-10,13-14,19,29,33H,11-12,15-17H2,1-2H3/t29-/m1/s1. The molecular formula is C29H29F2NO5S. The number of hydrogen-bond donors (Lipinski definition) is 1. The van der Waals surface area contributed by atoms with Gasteiger partial charge < -0.3 is 14.6 Å². The van der Waals surface area contributed by atoms with Gasteiger partial charge in [-0.3, -0.25) is 9.29 Å². The van der Waals surface area contributed by atoms with Crippen LogP contribution in [0.1, 0.15) is 29.7 Å². The van der Waals surface area contributed by atoms with E-state index in [1.54, 1.807) is 24.3 Å². The van der Waals surface area contributed by atoms with Crippen LogP contribution in [0.4, 0.5) is 8.78 Å². The van der Waals surface area contributed by atoms with Gasteiger partial charge in [-0.25, -0.2) is 12.8 Å². The van der Waals surface area contributed by atoms with E-state index in [9.17, 15) is 22.3 Å². The highest BCUT2D eigenvalue weighted by atomic mass is 32.2. The van der Waals surface area contributed by atoms with Crippen molar-refractivity contribution in [1.82, 2.24) is 4.90 Å². The number of halogens is 2. The minimum Gasteiger partial charge on any atom is -0.508 e. The van der Waals surface area contributed by atoms with E-state index < -0.39 is 21.8 Å². The van der Waals surface area contributed by atoms with E-state index in [1.165, 1.54) is 12.1 Å². The van der Waals surface area contributed by atoms with Gasteiger partial charge >= 0.3 is 0 Å². The summed E-state index contributed by atoms with van der Waals surface area (Å²) >= 11 is 0. The molecule has 2 aliphatic heterocycles. The normalized spacial score (nSPS) is 18.1. The largest absolute Gasteiger partial charge is 0.508 e. The Morgan fingerprint density at radius 3 is 2.47 bits per heavy atom. The maximum absolute atomic E-state index is 14.9. The summed E-state index contributed by atoms with van der Waals surface area (Å²) < 4.78 is 63.6. The number of allylic oxidation sites excluding steroid dienone is 1. The number of ether oxygens (including phenoxy) is 2. The monoisotopic (exact) mass is 541 g/mol. The molecule has 0 radical (unpaired) electrons. The number of sulfone groups is 1. The molecule has 0 spiro atoms. The molecule has 3 aromatic rings. The van der Waals surface area contributed by atoms with Crippen molar-refractivity contribution < 1.29 is 31.8 Å². The topological polar surface area (TPSA) is 76.1 Å². The first-order valence-electron chi connectivity index (χ1n) is 12.4. The summed E-state index contributed by atoms with van der Waals surface area (Å²) in [6.07, 6.45) is 0.359. The summed E-state index contributed by atoms with van der Waals surface area (Å²) in [7, 11) is -3.72. The van der Waals surface area contributed by atoms with Crippen molar-refractivity contribution in [2.24, 2.45) is 5.92 Å². The first kappa shape index (κ1) is 26.2. The quantitative estimate of drug-likeness (QED) is 0.418. The van der Waals surface area contributed by atoms with Crippen molar-refractivity contribution in [2.75, 3.05) is 39.2 Å². The smallest absolute Gasteiger partial charge is 0.178 e. The molecular weight excluding hydrogens is 512 g/mol. The third-order valence-electron chi connectivity index (χ3n) is 7.03. The van der Waals surface area contributed by atoms with Crippen LogP contribution in [0.25, 0.3) is 11.1 Å². The van der Waals surface area contributed by atoms with Crippen LogP contribution < -0.4 is 9.47 Å². The summed E-state index contributed by atoms with van der Waals surface area (Å²) in [6, 6.07) is 16.3. The predicted molar refractivity (Wildman–Crippen MR) is 141 cm³/mol. The lowest BCUT2D eigenvalue weighted by Gasteiger charge is -2.37. The van der Waals surface area contributed by atoms with Crippen molar-refractivity contribution in [3.8, 4) is 17.2 Å². The predicted octanol–water partition coefficient (Wildman–Crippen LogP) is 5.28. The molecule has 1 atom stereocenters. The van der Waals surface area contributed by atoms with Crippen LogP contribution in [-0.4, -0.2) is 57.6 Å². The van der Waals surface area contributed by atoms with Crippen molar-refractivity contribution in [3.05, 3.63) is 83.2 Å². The number of rotatable bonds is 8. The Labute approximate surface area is 221 Å². The van der Waals surface area contributed by atoms with Crippen LogP contribution in [0.5, 0.6) is 17.2 Å². The molecule has 0 bridgehead atoms. The van der Waals surface area contributed by atoms with E-state index >= 15 is 0 Å². The fraction of sp³-hybridized carbons (Fsp3) is 0.310. The Balaban J connectivity index is 1.43. The molecule has 1 saturated heterocycles. The van der Waals surface area contributed by atoms with Gasteiger partial charge in [-0.05, 0) is 66.1 Å². The van der Waals surface area contributed by atoms with E-state index in [2.05, 4.69) is 4.90 Å².